The van der Waals surface area contributed by atoms with E-state index in [-0.39, 0.29) is 18.4 Å². The number of hydrogen-bond acceptors (Lipinski definition) is 2. The molecule has 0 saturated carbocycles. The third-order valence-corrected chi connectivity index (χ3v) is 3.76. The van der Waals surface area contributed by atoms with Gasteiger partial charge in [0.25, 0.3) is 0 Å². The van der Waals surface area contributed by atoms with Crippen LogP contribution >= 0.6 is 12.4 Å². The normalized spacial score (nSPS) is 18.5. The molecule has 0 aliphatic carbocycles. The second-order valence-electron chi connectivity index (χ2n) is 4.76. The first-order chi connectivity index (χ1) is 8.36. The molecule has 3 N–H and O–H groups in total. The van der Waals surface area contributed by atoms with E-state index in [1.165, 1.54) is 16.5 Å². The van der Waals surface area contributed by atoms with Gasteiger partial charge in [0.05, 0.1) is 0 Å². The van der Waals surface area contributed by atoms with Gasteiger partial charge in [0.1, 0.15) is 0 Å². The fourth-order valence-corrected chi connectivity index (χ4v) is 2.73. The average Bonchev–Trinajstić information content (AvgIpc) is 2.87. The first-order valence-electron chi connectivity index (χ1n) is 6.25. The number of aromatic amines is 1. The van der Waals surface area contributed by atoms with Crippen LogP contribution in [0.5, 0.6) is 0 Å². The van der Waals surface area contributed by atoms with E-state index in [1.54, 1.807) is 0 Å². The van der Waals surface area contributed by atoms with Gasteiger partial charge in [-0.3, -0.25) is 0 Å². The highest BCUT2D eigenvalue weighted by Crippen LogP contribution is 2.31. The Morgan fingerprint density at radius 2 is 2.00 bits per heavy atom. The number of H-pyrrole nitrogens is 1. The van der Waals surface area contributed by atoms with Gasteiger partial charge in [-0.25, -0.2) is 0 Å². The topological polar surface area (TPSA) is 51.0 Å². The molecule has 0 amide bonds. The van der Waals surface area contributed by atoms with Crippen molar-refractivity contribution in [1.29, 1.82) is 0 Å². The maximum Gasteiger partial charge on any atom is 0.0469 e. The summed E-state index contributed by atoms with van der Waals surface area (Å²) in [5.41, 5.74) is 8.86. The van der Waals surface area contributed by atoms with Crippen molar-refractivity contribution in [3.05, 3.63) is 36.0 Å². The molecule has 1 aromatic carbocycles. The molecule has 0 unspecified atom stereocenters. The van der Waals surface area contributed by atoms with Crippen molar-refractivity contribution in [3.8, 4) is 0 Å². The fraction of sp³-hybridized carbons (Fsp3) is 0.429. The van der Waals surface area contributed by atoms with E-state index < -0.39 is 0 Å². The largest absolute Gasteiger partial charge is 0.381 e. The van der Waals surface area contributed by atoms with Gasteiger partial charge < -0.3 is 15.5 Å². The lowest BCUT2D eigenvalue weighted by Gasteiger charge is -2.28. The third-order valence-electron chi connectivity index (χ3n) is 3.76. The van der Waals surface area contributed by atoms with E-state index in [0.29, 0.717) is 5.92 Å². The molecule has 1 atom stereocenters. The minimum atomic E-state index is 0. The standard InChI is InChI=1S/C14H18N2O.ClH/c15-14(10-5-8-17-9-6-10)12-2-1-3-13-11(12)4-7-16-13;/h1-4,7,10,14,16H,5-6,8-9,15H2;1H/t14-;/m0./s1. The lowest BCUT2D eigenvalue weighted by atomic mass is 9.86. The first-order valence-corrected chi connectivity index (χ1v) is 6.25. The quantitative estimate of drug-likeness (QED) is 0.878. The van der Waals surface area contributed by atoms with Crippen LogP contribution in [0.1, 0.15) is 24.4 Å². The Hall–Kier alpha value is -1.03. The van der Waals surface area contributed by atoms with Crippen molar-refractivity contribution in [3.63, 3.8) is 0 Å². The molecule has 0 bridgehead atoms. The van der Waals surface area contributed by atoms with Crippen LogP contribution in [0.15, 0.2) is 30.5 Å². The molecule has 0 radical (unpaired) electrons. The van der Waals surface area contributed by atoms with Crippen molar-refractivity contribution < 1.29 is 4.74 Å². The van der Waals surface area contributed by atoms with Gasteiger partial charge in [-0.1, -0.05) is 12.1 Å². The van der Waals surface area contributed by atoms with Crippen LogP contribution in [-0.2, 0) is 4.74 Å². The summed E-state index contributed by atoms with van der Waals surface area (Å²) >= 11 is 0. The van der Waals surface area contributed by atoms with Crippen molar-refractivity contribution in [1.82, 2.24) is 4.98 Å². The van der Waals surface area contributed by atoms with Crippen LogP contribution < -0.4 is 5.73 Å². The summed E-state index contributed by atoms with van der Waals surface area (Å²) in [6, 6.07) is 8.56. The van der Waals surface area contributed by atoms with Crippen molar-refractivity contribution in [2.75, 3.05) is 13.2 Å². The Morgan fingerprint density at radius 3 is 2.78 bits per heavy atom. The number of benzene rings is 1. The van der Waals surface area contributed by atoms with Crippen LogP contribution in [0.2, 0.25) is 0 Å². The first kappa shape index (κ1) is 13.4. The number of ether oxygens (including phenoxy) is 1. The number of rotatable bonds is 2. The lowest BCUT2D eigenvalue weighted by Crippen LogP contribution is -2.27. The second-order valence-corrected chi connectivity index (χ2v) is 4.76. The molecule has 4 heteroatoms. The molecule has 0 spiro atoms. The van der Waals surface area contributed by atoms with Crippen LogP contribution in [0.4, 0.5) is 0 Å². The molecule has 3 nitrogen and oxygen atoms in total. The molecule has 1 fully saturated rings. The predicted molar refractivity (Wildman–Crippen MR) is 76.0 cm³/mol. The summed E-state index contributed by atoms with van der Waals surface area (Å²) in [5, 5.41) is 1.26. The smallest absolute Gasteiger partial charge is 0.0469 e. The molecular weight excluding hydrogens is 248 g/mol. The number of nitrogens with one attached hydrogen (secondary N) is 1. The van der Waals surface area contributed by atoms with Gasteiger partial charge in [0.2, 0.25) is 0 Å². The predicted octanol–water partition coefficient (Wildman–Crippen LogP) is 3.02. The van der Waals surface area contributed by atoms with E-state index in [4.69, 9.17) is 10.5 Å². The van der Waals surface area contributed by atoms with Gasteiger partial charge in [-0.05, 0) is 36.5 Å². The SMILES string of the molecule is Cl.N[C@H](c1cccc2[nH]ccc12)C1CCOCC1. The zero-order valence-electron chi connectivity index (χ0n) is 10.3. The average molecular weight is 267 g/mol. The molecular formula is C14H19ClN2O. The summed E-state index contributed by atoms with van der Waals surface area (Å²) in [6.45, 7) is 1.70. The Kier molecular flexibility index (Phi) is 4.27. The highest BCUT2D eigenvalue weighted by molar-refractivity contribution is 5.85. The van der Waals surface area contributed by atoms with Crippen LogP contribution in [0.3, 0.4) is 0 Å². The zero-order valence-corrected chi connectivity index (χ0v) is 11.1. The Balaban J connectivity index is 0.00000120. The number of aromatic nitrogens is 1. The fourth-order valence-electron chi connectivity index (χ4n) is 2.73. The van der Waals surface area contributed by atoms with Gasteiger partial charge in [-0.2, -0.15) is 0 Å². The molecule has 1 aromatic heterocycles. The zero-order chi connectivity index (χ0) is 11.7. The van der Waals surface area contributed by atoms with E-state index in [1.807, 2.05) is 6.20 Å². The highest BCUT2D eigenvalue weighted by atomic mass is 35.5. The minimum absolute atomic E-state index is 0. The number of nitrogens with two attached hydrogens (primary N) is 1. The number of hydrogen-bond donors (Lipinski definition) is 2. The summed E-state index contributed by atoms with van der Waals surface area (Å²) in [5.74, 6) is 0.546. The van der Waals surface area contributed by atoms with Crippen molar-refractivity contribution in [2.24, 2.45) is 11.7 Å². The summed E-state index contributed by atoms with van der Waals surface area (Å²) in [7, 11) is 0. The molecule has 18 heavy (non-hydrogen) atoms. The van der Waals surface area contributed by atoms with Crippen LogP contribution in [-0.4, -0.2) is 18.2 Å². The Labute approximate surface area is 113 Å². The number of fused-ring (bicyclic) bond motifs is 1. The molecule has 98 valence electrons. The summed E-state index contributed by atoms with van der Waals surface area (Å²) < 4.78 is 5.40. The minimum Gasteiger partial charge on any atom is -0.381 e. The van der Waals surface area contributed by atoms with Gasteiger partial charge in [0.15, 0.2) is 0 Å². The monoisotopic (exact) mass is 266 g/mol. The molecule has 1 aliphatic heterocycles. The maximum absolute atomic E-state index is 6.43. The molecule has 2 heterocycles. The van der Waals surface area contributed by atoms with Crippen LogP contribution in [0, 0.1) is 5.92 Å². The van der Waals surface area contributed by atoms with E-state index in [9.17, 15) is 0 Å². The molecule has 3 rings (SSSR count). The van der Waals surface area contributed by atoms with Gasteiger partial charge in [-0.15, -0.1) is 12.4 Å². The molecule has 2 aromatic rings. The second kappa shape index (κ2) is 5.74. The summed E-state index contributed by atoms with van der Waals surface area (Å²) in [6.07, 6.45) is 4.12. The summed E-state index contributed by atoms with van der Waals surface area (Å²) in [4.78, 5) is 3.24. The Morgan fingerprint density at radius 1 is 1.22 bits per heavy atom. The molecule has 1 aliphatic rings. The third kappa shape index (κ3) is 2.39. The Bertz CT molecular complexity index is 505. The van der Waals surface area contributed by atoms with Crippen molar-refractivity contribution >= 4 is 23.3 Å². The lowest BCUT2D eigenvalue weighted by molar-refractivity contribution is 0.0585. The van der Waals surface area contributed by atoms with E-state index >= 15 is 0 Å². The molecule has 1 saturated heterocycles. The maximum atomic E-state index is 6.43. The van der Waals surface area contributed by atoms with E-state index in [2.05, 4.69) is 29.2 Å². The van der Waals surface area contributed by atoms with E-state index in [0.717, 1.165) is 26.1 Å². The van der Waals surface area contributed by atoms with Crippen molar-refractivity contribution in [2.45, 2.75) is 18.9 Å². The number of halogens is 1. The highest BCUT2D eigenvalue weighted by Gasteiger charge is 2.23. The van der Waals surface area contributed by atoms with Gasteiger partial charge >= 0.3 is 0 Å². The van der Waals surface area contributed by atoms with Crippen LogP contribution in [0.25, 0.3) is 10.9 Å². The van der Waals surface area contributed by atoms with Gasteiger partial charge in [0, 0.05) is 36.4 Å².